The number of nitrogen functional groups attached to an aromatic ring is 1. The maximum absolute atomic E-state index is 12.3. The first kappa shape index (κ1) is 16.6. The van der Waals surface area contributed by atoms with Gasteiger partial charge in [-0.15, -0.1) is 0 Å². The van der Waals surface area contributed by atoms with Gasteiger partial charge in [0.1, 0.15) is 0 Å². The van der Waals surface area contributed by atoms with Crippen LogP contribution in [0.1, 0.15) is 12.8 Å². The van der Waals surface area contributed by atoms with E-state index in [1.54, 1.807) is 48.5 Å². The topological polar surface area (TPSA) is 93.5 Å². The minimum Gasteiger partial charge on any atom is -0.397 e. The zero-order chi connectivity index (χ0) is 17.0. The lowest BCUT2D eigenvalue weighted by Crippen LogP contribution is -2.19. The molecule has 0 bridgehead atoms. The molecular weight excluding hydrogens is 326 g/mol. The summed E-state index contributed by atoms with van der Waals surface area (Å²) in [4.78, 5) is 0.212. The SMILES string of the molecule is Nc1cc(NS(=O)(=O)c2ccccc2)ccc1NC[C@H]1CCCO1. The van der Waals surface area contributed by atoms with E-state index in [2.05, 4.69) is 10.0 Å². The molecule has 6 nitrogen and oxygen atoms in total. The summed E-state index contributed by atoms with van der Waals surface area (Å²) in [6.45, 7) is 1.50. The maximum Gasteiger partial charge on any atom is 0.261 e. The third-order valence-electron chi connectivity index (χ3n) is 3.90. The molecule has 2 aromatic rings. The fourth-order valence-electron chi connectivity index (χ4n) is 2.63. The number of hydrogen-bond donors (Lipinski definition) is 3. The molecule has 7 heteroatoms. The molecule has 3 rings (SSSR count). The number of nitrogens with two attached hydrogens (primary N) is 1. The molecule has 0 aliphatic carbocycles. The normalized spacial score (nSPS) is 17.6. The molecule has 1 atom stereocenters. The van der Waals surface area contributed by atoms with E-state index in [4.69, 9.17) is 10.5 Å². The van der Waals surface area contributed by atoms with Crippen molar-refractivity contribution in [1.82, 2.24) is 0 Å². The van der Waals surface area contributed by atoms with Crippen LogP contribution in [0.5, 0.6) is 0 Å². The van der Waals surface area contributed by atoms with Crippen LogP contribution in [0.2, 0.25) is 0 Å². The lowest BCUT2D eigenvalue weighted by atomic mass is 10.2. The minimum absolute atomic E-state index is 0.209. The van der Waals surface area contributed by atoms with Crippen LogP contribution in [0, 0.1) is 0 Å². The molecule has 1 aliphatic rings. The summed E-state index contributed by atoms with van der Waals surface area (Å²) in [5.41, 5.74) is 7.71. The van der Waals surface area contributed by atoms with Crippen LogP contribution >= 0.6 is 0 Å². The van der Waals surface area contributed by atoms with Gasteiger partial charge in [-0.2, -0.15) is 0 Å². The number of nitrogens with one attached hydrogen (secondary N) is 2. The third-order valence-corrected chi connectivity index (χ3v) is 5.30. The fourth-order valence-corrected chi connectivity index (χ4v) is 3.70. The van der Waals surface area contributed by atoms with Crippen molar-refractivity contribution in [3.05, 3.63) is 48.5 Å². The van der Waals surface area contributed by atoms with Crippen LogP contribution in [0.3, 0.4) is 0 Å². The van der Waals surface area contributed by atoms with E-state index in [1.807, 2.05) is 0 Å². The Morgan fingerprint density at radius 2 is 1.96 bits per heavy atom. The molecule has 0 radical (unpaired) electrons. The van der Waals surface area contributed by atoms with Gasteiger partial charge in [-0.25, -0.2) is 8.42 Å². The Labute approximate surface area is 142 Å². The van der Waals surface area contributed by atoms with Crippen molar-refractivity contribution >= 4 is 27.1 Å². The van der Waals surface area contributed by atoms with E-state index in [1.165, 1.54) is 0 Å². The lowest BCUT2D eigenvalue weighted by Gasteiger charge is -2.15. The van der Waals surface area contributed by atoms with Crippen molar-refractivity contribution in [2.24, 2.45) is 0 Å². The highest BCUT2D eigenvalue weighted by Crippen LogP contribution is 2.25. The first-order valence-electron chi connectivity index (χ1n) is 7.87. The number of ether oxygens (including phenoxy) is 1. The molecule has 128 valence electrons. The molecule has 1 saturated heterocycles. The van der Waals surface area contributed by atoms with Crippen LogP contribution < -0.4 is 15.8 Å². The van der Waals surface area contributed by atoms with Gasteiger partial charge in [0, 0.05) is 13.2 Å². The van der Waals surface area contributed by atoms with E-state index in [0.29, 0.717) is 17.9 Å². The van der Waals surface area contributed by atoms with Crippen molar-refractivity contribution < 1.29 is 13.2 Å². The number of rotatable bonds is 6. The molecule has 4 N–H and O–H groups in total. The van der Waals surface area contributed by atoms with Gasteiger partial charge < -0.3 is 15.8 Å². The molecular formula is C17H21N3O3S. The molecule has 0 aromatic heterocycles. The van der Waals surface area contributed by atoms with E-state index >= 15 is 0 Å². The van der Waals surface area contributed by atoms with E-state index in [-0.39, 0.29) is 11.0 Å². The largest absolute Gasteiger partial charge is 0.397 e. The minimum atomic E-state index is -3.61. The lowest BCUT2D eigenvalue weighted by molar-refractivity contribution is 0.120. The van der Waals surface area contributed by atoms with Crippen LogP contribution in [-0.4, -0.2) is 27.7 Å². The summed E-state index contributed by atoms with van der Waals surface area (Å²) < 4.78 is 32.7. The number of sulfonamides is 1. The average molecular weight is 347 g/mol. The smallest absolute Gasteiger partial charge is 0.261 e. The van der Waals surface area contributed by atoms with Gasteiger partial charge in [-0.05, 0) is 43.2 Å². The molecule has 0 amide bonds. The Morgan fingerprint density at radius 3 is 2.62 bits per heavy atom. The van der Waals surface area contributed by atoms with Crippen LogP contribution in [-0.2, 0) is 14.8 Å². The van der Waals surface area contributed by atoms with Gasteiger partial charge in [0.2, 0.25) is 0 Å². The number of anilines is 3. The summed E-state index contributed by atoms with van der Waals surface area (Å²) in [5, 5.41) is 3.25. The Balaban J connectivity index is 1.68. The summed E-state index contributed by atoms with van der Waals surface area (Å²) in [7, 11) is -3.61. The van der Waals surface area contributed by atoms with E-state index < -0.39 is 10.0 Å². The predicted octanol–water partition coefficient (Wildman–Crippen LogP) is 2.66. The number of hydrogen-bond acceptors (Lipinski definition) is 5. The maximum atomic E-state index is 12.3. The molecule has 1 aliphatic heterocycles. The highest BCUT2D eigenvalue weighted by molar-refractivity contribution is 7.92. The summed E-state index contributed by atoms with van der Waals surface area (Å²) in [6.07, 6.45) is 2.34. The van der Waals surface area contributed by atoms with Gasteiger partial charge in [0.25, 0.3) is 10.0 Å². The highest BCUT2D eigenvalue weighted by Gasteiger charge is 2.16. The Morgan fingerprint density at radius 1 is 1.17 bits per heavy atom. The average Bonchev–Trinajstić information content (AvgIpc) is 3.08. The second-order valence-corrected chi connectivity index (χ2v) is 7.42. The first-order valence-corrected chi connectivity index (χ1v) is 9.36. The fraction of sp³-hybridized carbons (Fsp3) is 0.294. The Bertz CT molecular complexity index is 788. The Kier molecular flexibility index (Phi) is 4.92. The standard InChI is InChI=1S/C17H21N3O3S/c18-16-11-13(20-24(21,22)15-6-2-1-3-7-15)8-9-17(16)19-12-14-5-4-10-23-14/h1-3,6-9,11,14,19-20H,4-5,10,12,18H2/t14-/m1/s1. The van der Waals surface area contributed by atoms with Crippen LogP contribution in [0.25, 0.3) is 0 Å². The first-order chi connectivity index (χ1) is 11.5. The van der Waals surface area contributed by atoms with Gasteiger partial charge in [0.15, 0.2) is 0 Å². The summed E-state index contributed by atoms with van der Waals surface area (Å²) in [6, 6.07) is 13.3. The van der Waals surface area contributed by atoms with Crippen molar-refractivity contribution in [2.45, 2.75) is 23.8 Å². The summed E-state index contributed by atoms with van der Waals surface area (Å²) >= 11 is 0. The second-order valence-electron chi connectivity index (χ2n) is 5.74. The van der Waals surface area contributed by atoms with Crippen molar-refractivity contribution in [3.63, 3.8) is 0 Å². The van der Waals surface area contributed by atoms with Gasteiger partial charge in [-0.1, -0.05) is 18.2 Å². The molecule has 1 fully saturated rings. The summed E-state index contributed by atoms with van der Waals surface area (Å²) in [5.74, 6) is 0. The number of benzene rings is 2. The molecule has 0 saturated carbocycles. The van der Waals surface area contributed by atoms with Crippen molar-refractivity contribution in [3.8, 4) is 0 Å². The van der Waals surface area contributed by atoms with Crippen molar-refractivity contribution in [2.75, 3.05) is 28.9 Å². The van der Waals surface area contributed by atoms with E-state index in [0.717, 1.165) is 25.1 Å². The second kappa shape index (κ2) is 7.11. The Hall–Kier alpha value is -2.25. The molecule has 24 heavy (non-hydrogen) atoms. The van der Waals surface area contributed by atoms with Crippen LogP contribution in [0.4, 0.5) is 17.1 Å². The predicted molar refractivity (Wildman–Crippen MR) is 95.6 cm³/mol. The highest BCUT2D eigenvalue weighted by atomic mass is 32.2. The molecule has 2 aromatic carbocycles. The quantitative estimate of drug-likeness (QED) is 0.699. The van der Waals surface area contributed by atoms with Crippen LogP contribution in [0.15, 0.2) is 53.4 Å². The molecule has 0 unspecified atom stereocenters. The molecule has 0 spiro atoms. The van der Waals surface area contributed by atoms with Crippen molar-refractivity contribution in [1.29, 1.82) is 0 Å². The third kappa shape index (κ3) is 3.98. The zero-order valence-corrected chi connectivity index (χ0v) is 14.1. The van der Waals surface area contributed by atoms with Gasteiger partial charge in [0.05, 0.1) is 28.1 Å². The van der Waals surface area contributed by atoms with Gasteiger partial charge in [-0.3, -0.25) is 4.72 Å². The monoisotopic (exact) mass is 347 g/mol. The zero-order valence-electron chi connectivity index (χ0n) is 13.2. The van der Waals surface area contributed by atoms with E-state index in [9.17, 15) is 8.42 Å². The van der Waals surface area contributed by atoms with Gasteiger partial charge >= 0.3 is 0 Å². The molecule has 1 heterocycles.